The fourth-order valence-corrected chi connectivity index (χ4v) is 6.00. The fraction of sp³-hybridized carbons (Fsp3) is 0.615. The van der Waals surface area contributed by atoms with Crippen LogP contribution in [0, 0.1) is 17.8 Å². The summed E-state index contributed by atoms with van der Waals surface area (Å²) in [6.07, 6.45) is 3.03. The standard InChI is InChI=1S/C26H33NO9.Na/c1-12(7-8-16(28)19-18(30)11-27-23(19)31)9-13(2)21-14(3)22-17(29)10-25(5)26(35-21,36-22)20(15(4)34-25)24(32)33-6;/h7-9,13-15,20-22,28H,10-11H2,1-6H3,(H,27,31);/b8-7+,12-9+,19-16-;. The van der Waals surface area contributed by atoms with Crippen LogP contribution in [0.1, 0.15) is 41.0 Å². The molecule has 8 unspecified atom stereocenters. The molecule has 4 saturated heterocycles. The summed E-state index contributed by atoms with van der Waals surface area (Å²) in [5.41, 5.74) is -0.676. The van der Waals surface area contributed by atoms with Crippen LogP contribution in [0.5, 0.6) is 0 Å². The van der Waals surface area contributed by atoms with E-state index in [1.807, 2.05) is 19.9 Å². The van der Waals surface area contributed by atoms with Crippen molar-refractivity contribution in [2.45, 2.75) is 70.7 Å². The van der Waals surface area contributed by atoms with Crippen LogP contribution in [0.25, 0.3) is 0 Å². The van der Waals surface area contributed by atoms with E-state index in [0.29, 0.717) is 0 Å². The van der Waals surface area contributed by atoms with Gasteiger partial charge in [0, 0.05) is 47.8 Å². The van der Waals surface area contributed by atoms with Gasteiger partial charge in [-0.1, -0.05) is 31.6 Å². The molecule has 0 aromatic carbocycles. The number of amides is 1. The van der Waals surface area contributed by atoms with E-state index in [-0.39, 0.29) is 65.7 Å². The van der Waals surface area contributed by atoms with Gasteiger partial charge in [0.05, 0.1) is 25.9 Å². The zero-order valence-corrected chi connectivity index (χ0v) is 24.3. The minimum absolute atomic E-state index is 0. The molecule has 0 aromatic heterocycles. The summed E-state index contributed by atoms with van der Waals surface area (Å²) in [6, 6.07) is 0. The maximum atomic E-state index is 13.1. The van der Waals surface area contributed by atoms with Crippen LogP contribution in [0.2, 0.25) is 0 Å². The second kappa shape index (κ2) is 10.7. The van der Waals surface area contributed by atoms with Gasteiger partial charge in [0.1, 0.15) is 29.0 Å². The van der Waals surface area contributed by atoms with Crippen molar-refractivity contribution in [1.29, 1.82) is 0 Å². The van der Waals surface area contributed by atoms with Crippen LogP contribution in [0.15, 0.2) is 35.1 Å². The molecular formula is C26H33NNaO9. The molecule has 8 atom stereocenters. The number of ether oxygens (including phenoxy) is 4. The summed E-state index contributed by atoms with van der Waals surface area (Å²) < 4.78 is 24.0. The number of ketones is 2. The number of allylic oxidation sites excluding steroid dienone is 3. The smallest absolute Gasteiger partial charge is 0.316 e. The predicted octanol–water partition coefficient (Wildman–Crippen LogP) is 1.31. The van der Waals surface area contributed by atoms with Crippen molar-refractivity contribution < 1.29 is 43.2 Å². The van der Waals surface area contributed by atoms with Gasteiger partial charge < -0.3 is 29.4 Å². The van der Waals surface area contributed by atoms with Gasteiger partial charge in [-0.2, -0.15) is 0 Å². The van der Waals surface area contributed by atoms with Gasteiger partial charge in [-0.15, -0.1) is 0 Å². The van der Waals surface area contributed by atoms with Crippen LogP contribution < -0.4 is 5.32 Å². The van der Waals surface area contributed by atoms with E-state index in [9.17, 15) is 24.3 Å². The number of rotatable bonds is 5. The molecule has 2 N–H and O–H groups in total. The Bertz CT molecular complexity index is 1080. The first-order valence-electron chi connectivity index (χ1n) is 12.1. The van der Waals surface area contributed by atoms with Crippen molar-refractivity contribution in [3.8, 4) is 0 Å². The number of carbonyl (C=O) groups is 4. The number of carbonyl (C=O) groups excluding carboxylic acids is 4. The molecule has 37 heavy (non-hydrogen) atoms. The SMILES string of the molecule is COC(=O)C1C(C)OC2(C)CC(=O)C3OC12OC(C(C)/C=C(C)/C=C/C(O)=C1\C(=O)CNC1=O)C3C.[Na]. The number of aliphatic hydroxyl groups excluding tert-OH is 1. The summed E-state index contributed by atoms with van der Waals surface area (Å²) in [7, 11) is 1.30. The van der Waals surface area contributed by atoms with E-state index in [0.717, 1.165) is 5.57 Å². The predicted molar refractivity (Wildman–Crippen MR) is 131 cm³/mol. The summed E-state index contributed by atoms with van der Waals surface area (Å²) in [5.74, 6) is -4.97. The van der Waals surface area contributed by atoms with Crippen LogP contribution >= 0.6 is 0 Å². The van der Waals surface area contributed by atoms with Gasteiger partial charge in [-0.05, 0) is 26.8 Å². The minimum atomic E-state index is -1.47. The minimum Gasteiger partial charge on any atom is -0.507 e. The second-order valence-corrected chi connectivity index (χ2v) is 10.3. The van der Waals surface area contributed by atoms with Gasteiger partial charge in [0.15, 0.2) is 11.6 Å². The van der Waals surface area contributed by atoms with E-state index >= 15 is 0 Å². The molecule has 4 fully saturated rings. The summed E-state index contributed by atoms with van der Waals surface area (Å²) in [4.78, 5) is 49.4. The third-order valence-corrected chi connectivity index (χ3v) is 7.67. The van der Waals surface area contributed by atoms with Crippen molar-refractivity contribution in [3.05, 3.63) is 35.1 Å². The molecule has 4 aliphatic heterocycles. The molecule has 0 aromatic rings. The zero-order chi connectivity index (χ0) is 26.6. The van der Waals surface area contributed by atoms with E-state index in [1.165, 1.54) is 13.2 Å². The Morgan fingerprint density at radius 1 is 1.19 bits per heavy atom. The average molecular weight is 527 g/mol. The quantitative estimate of drug-likeness (QED) is 0.136. The Labute approximate surface area is 238 Å². The summed E-state index contributed by atoms with van der Waals surface area (Å²) in [6.45, 7) is 8.96. The normalized spacial score (nSPS) is 39.7. The van der Waals surface area contributed by atoms with Crippen LogP contribution in [-0.2, 0) is 38.1 Å². The van der Waals surface area contributed by atoms with Gasteiger partial charge in [0.2, 0.25) is 5.79 Å². The number of fused-ring (bicyclic) bond motifs is 1. The average Bonchev–Trinajstić information content (AvgIpc) is 3.25. The Morgan fingerprint density at radius 2 is 1.86 bits per heavy atom. The molecule has 1 amide bonds. The third-order valence-electron chi connectivity index (χ3n) is 7.67. The number of esters is 1. The molecule has 0 saturated carbocycles. The van der Waals surface area contributed by atoms with E-state index in [2.05, 4.69) is 5.32 Å². The summed E-state index contributed by atoms with van der Waals surface area (Å²) in [5, 5.41) is 12.6. The molecule has 11 heteroatoms. The molecule has 4 aliphatic rings. The van der Waals surface area contributed by atoms with Crippen molar-refractivity contribution in [2.24, 2.45) is 17.8 Å². The van der Waals surface area contributed by atoms with Gasteiger partial charge in [-0.3, -0.25) is 19.2 Å². The fourth-order valence-electron chi connectivity index (χ4n) is 6.00. The van der Waals surface area contributed by atoms with Gasteiger partial charge >= 0.3 is 5.97 Å². The number of aliphatic hydroxyl groups is 1. The Balaban J connectivity index is 0.00000380. The maximum absolute atomic E-state index is 13.1. The van der Waals surface area contributed by atoms with Crippen molar-refractivity contribution in [1.82, 2.24) is 5.32 Å². The molecule has 10 nitrogen and oxygen atoms in total. The molecule has 1 radical (unpaired) electrons. The molecule has 0 aliphatic carbocycles. The van der Waals surface area contributed by atoms with Crippen molar-refractivity contribution >= 4 is 53.0 Å². The van der Waals surface area contributed by atoms with E-state index in [1.54, 1.807) is 26.8 Å². The number of Topliss-reactive ketones (excluding diaryl/α,β-unsaturated/α-hetero) is 2. The van der Waals surface area contributed by atoms with Crippen LogP contribution in [0.4, 0.5) is 0 Å². The first-order valence-corrected chi connectivity index (χ1v) is 12.1. The molecular weight excluding hydrogens is 493 g/mol. The molecule has 197 valence electrons. The monoisotopic (exact) mass is 526 g/mol. The molecule has 2 bridgehead atoms. The van der Waals surface area contributed by atoms with Crippen LogP contribution in [-0.4, -0.2) is 101 Å². The van der Waals surface area contributed by atoms with Gasteiger partial charge in [0.25, 0.3) is 5.91 Å². The first-order chi connectivity index (χ1) is 16.8. The second-order valence-electron chi connectivity index (χ2n) is 10.3. The molecule has 4 heterocycles. The van der Waals surface area contributed by atoms with Crippen molar-refractivity contribution in [3.63, 3.8) is 0 Å². The number of methoxy groups -OCH3 is 1. The number of hydrogen-bond donors (Lipinski definition) is 2. The van der Waals surface area contributed by atoms with Crippen LogP contribution in [0.3, 0.4) is 0 Å². The summed E-state index contributed by atoms with van der Waals surface area (Å²) >= 11 is 0. The third kappa shape index (κ3) is 4.88. The first kappa shape index (κ1) is 29.7. The topological polar surface area (TPSA) is 137 Å². The molecule has 1 spiro atoms. The van der Waals surface area contributed by atoms with E-state index < -0.39 is 59.0 Å². The van der Waals surface area contributed by atoms with Gasteiger partial charge in [-0.25, -0.2) is 0 Å². The van der Waals surface area contributed by atoms with Crippen molar-refractivity contribution in [2.75, 3.05) is 13.7 Å². The Hall–Kier alpha value is -1.82. The zero-order valence-electron chi connectivity index (χ0n) is 22.3. The number of hydrogen-bond acceptors (Lipinski definition) is 9. The largest absolute Gasteiger partial charge is 0.507 e. The number of nitrogens with one attached hydrogen (secondary N) is 1. The Kier molecular flexibility index (Phi) is 8.63. The van der Waals surface area contributed by atoms with E-state index in [4.69, 9.17) is 18.9 Å². The maximum Gasteiger partial charge on any atom is 0.316 e. The Morgan fingerprint density at radius 3 is 2.46 bits per heavy atom. The molecule has 4 rings (SSSR count).